The van der Waals surface area contributed by atoms with Crippen LogP contribution in [0.4, 0.5) is 0 Å². The van der Waals surface area contributed by atoms with Crippen LogP contribution in [0.3, 0.4) is 0 Å². The average molecular weight is 67.1 g/mol. The Bertz CT molecular complexity index is 47.1. The summed E-state index contributed by atoms with van der Waals surface area (Å²) in [6.45, 7) is 3.73. The molecule has 0 unspecified atom stereocenters. The molecular weight excluding hydrogens is 60.1 g/mol. The van der Waals surface area contributed by atoms with Gasteiger partial charge in [0.25, 0.3) is 0 Å². The molecule has 1 aliphatic carbocycles. The molecule has 0 N–H and O–H groups in total. The monoisotopic (exact) mass is 67.1 g/mol. The highest BCUT2D eigenvalue weighted by atomic mass is 14.1. The maximum absolute atomic E-state index is 3.73. The second kappa shape index (κ2) is 0.781. The van der Waals surface area contributed by atoms with Gasteiger partial charge in [0.05, 0.1) is 6.42 Å². The molecule has 26 valence electrons. The Kier molecular flexibility index (Phi) is 0.442. The third kappa shape index (κ3) is 0.297. The van der Waals surface area contributed by atoms with E-state index >= 15 is 0 Å². The summed E-state index contributed by atoms with van der Waals surface area (Å²) < 4.78 is 0. The largest absolute Gasteiger partial charge is 0.113 e. The molecule has 0 aromatic carbocycles. The van der Waals surface area contributed by atoms with Crippen molar-refractivity contribution in [2.75, 3.05) is 0 Å². The number of hydrogen-bond donors (Lipinski definition) is 0. The van der Waals surface area contributed by atoms with E-state index in [1.165, 1.54) is 18.4 Å². The van der Waals surface area contributed by atoms with Crippen LogP contribution in [0.2, 0.25) is 0 Å². The van der Waals surface area contributed by atoms with Crippen molar-refractivity contribution < 1.29 is 0 Å². The fourth-order valence-corrected chi connectivity index (χ4v) is 0.348. The van der Waals surface area contributed by atoms with Crippen LogP contribution < -0.4 is 0 Å². The van der Waals surface area contributed by atoms with E-state index in [1.807, 2.05) is 0 Å². The van der Waals surface area contributed by atoms with E-state index < -0.39 is 0 Å². The predicted octanol–water partition coefficient (Wildman–Crippen LogP) is 1.54. The number of hydrogen-bond acceptors (Lipinski definition) is 0. The molecular formula is C5H7+. The van der Waals surface area contributed by atoms with Gasteiger partial charge in [-0.1, -0.05) is 6.58 Å². The zero-order valence-electron chi connectivity index (χ0n) is 3.20. The van der Waals surface area contributed by atoms with Gasteiger partial charge < -0.3 is 0 Å². The highest BCUT2D eigenvalue weighted by Crippen LogP contribution is 2.20. The van der Waals surface area contributed by atoms with Crippen molar-refractivity contribution in [1.29, 1.82) is 0 Å². The lowest BCUT2D eigenvalue weighted by molar-refractivity contribution is 0.857. The fourth-order valence-electron chi connectivity index (χ4n) is 0.348. The third-order valence-corrected chi connectivity index (χ3v) is 0.866. The molecule has 1 rings (SSSR count). The highest BCUT2D eigenvalue weighted by molar-refractivity contribution is 5.12. The highest BCUT2D eigenvalue weighted by Gasteiger charge is 2.14. The van der Waals surface area contributed by atoms with Crippen molar-refractivity contribution in [2.24, 2.45) is 0 Å². The summed E-state index contributed by atoms with van der Waals surface area (Å²) >= 11 is 0. The maximum atomic E-state index is 3.73. The van der Waals surface area contributed by atoms with Crippen LogP contribution in [-0.4, -0.2) is 0 Å². The van der Waals surface area contributed by atoms with E-state index in [0.29, 0.717) is 0 Å². The molecule has 1 fully saturated rings. The van der Waals surface area contributed by atoms with E-state index in [9.17, 15) is 0 Å². The second-order valence-electron chi connectivity index (χ2n) is 1.45. The summed E-state index contributed by atoms with van der Waals surface area (Å²) in [6.07, 6.45) is 4.56. The lowest BCUT2D eigenvalue weighted by Gasteiger charge is -1.99. The zero-order chi connectivity index (χ0) is 3.70. The van der Waals surface area contributed by atoms with Crippen molar-refractivity contribution >= 4 is 0 Å². The summed E-state index contributed by atoms with van der Waals surface area (Å²) in [6, 6.07) is 0. The van der Waals surface area contributed by atoms with Crippen LogP contribution >= 0.6 is 0 Å². The molecule has 0 atom stereocenters. The predicted molar refractivity (Wildman–Crippen MR) is 22.7 cm³/mol. The molecule has 0 heteroatoms. The number of allylic oxidation sites excluding steroid dienone is 1. The Labute approximate surface area is 32.5 Å². The van der Waals surface area contributed by atoms with Gasteiger partial charge >= 0.3 is 0 Å². The SMILES string of the molecule is C=C1C[CH+]C1. The average Bonchev–Trinajstić information content (AvgIpc) is 1.30. The van der Waals surface area contributed by atoms with Crippen LogP contribution in [0.5, 0.6) is 0 Å². The summed E-state index contributed by atoms with van der Waals surface area (Å²) in [5.74, 6) is 0. The van der Waals surface area contributed by atoms with Crippen LogP contribution in [0.15, 0.2) is 12.2 Å². The minimum Gasteiger partial charge on any atom is -0.0913 e. The molecule has 0 aliphatic heterocycles. The standard InChI is InChI=1S/C5H7/c1-5-3-2-4-5/h2H,1,3-4H2/q+1. The van der Waals surface area contributed by atoms with Gasteiger partial charge in [0.1, 0.15) is 12.8 Å². The molecule has 0 aromatic rings. The molecule has 0 aromatic heterocycles. The second-order valence-corrected chi connectivity index (χ2v) is 1.45. The van der Waals surface area contributed by atoms with Crippen LogP contribution in [-0.2, 0) is 0 Å². The molecule has 0 spiro atoms. The fraction of sp³-hybridized carbons (Fsp3) is 0.400. The first-order valence-corrected chi connectivity index (χ1v) is 1.88. The number of rotatable bonds is 0. The first-order chi connectivity index (χ1) is 2.39. The molecule has 0 amide bonds. The molecule has 5 heavy (non-hydrogen) atoms. The first kappa shape index (κ1) is 2.83. The normalized spacial score (nSPS) is 20.4. The van der Waals surface area contributed by atoms with Crippen LogP contribution in [0.25, 0.3) is 0 Å². The lowest BCUT2D eigenvalue weighted by Crippen LogP contribution is -1.93. The van der Waals surface area contributed by atoms with Crippen LogP contribution in [0, 0.1) is 6.42 Å². The van der Waals surface area contributed by atoms with Crippen molar-refractivity contribution in [1.82, 2.24) is 0 Å². The summed E-state index contributed by atoms with van der Waals surface area (Å²) in [4.78, 5) is 0. The van der Waals surface area contributed by atoms with Gasteiger partial charge in [0.2, 0.25) is 0 Å². The van der Waals surface area contributed by atoms with Gasteiger partial charge in [-0.2, -0.15) is 0 Å². The Balaban J connectivity index is 2.32. The van der Waals surface area contributed by atoms with Gasteiger partial charge in [-0.3, -0.25) is 0 Å². The van der Waals surface area contributed by atoms with E-state index in [-0.39, 0.29) is 0 Å². The van der Waals surface area contributed by atoms with E-state index in [1.54, 1.807) is 0 Å². The van der Waals surface area contributed by atoms with Crippen molar-refractivity contribution in [2.45, 2.75) is 12.8 Å². The van der Waals surface area contributed by atoms with Gasteiger partial charge in [-0.05, 0) is 0 Å². The van der Waals surface area contributed by atoms with Gasteiger partial charge in [-0.15, -0.1) is 0 Å². The summed E-state index contributed by atoms with van der Waals surface area (Å²) in [5.41, 5.74) is 1.38. The molecule has 0 saturated heterocycles. The smallest absolute Gasteiger partial charge is 0.0913 e. The lowest BCUT2D eigenvalue weighted by atomic mass is 9.95. The van der Waals surface area contributed by atoms with Crippen molar-refractivity contribution in [3.05, 3.63) is 18.6 Å². The molecule has 0 nitrogen and oxygen atoms in total. The molecule has 1 saturated carbocycles. The van der Waals surface area contributed by atoms with Gasteiger partial charge in [-0.25, -0.2) is 0 Å². The zero-order valence-corrected chi connectivity index (χ0v) is 3.20. The quantitative estimate of drug-likeness (QED) is 0.298. The maximum Gasteiger partial charge on any atom is 0.113 e. The van der Waals surface area contributed by atoms with Gasteiger partial charge in [0.15, 0.2) is 0 Å². The van der Waals surface area contributed by atoms with E-state index in [2.05, 4.69) is 13.0 Å². The van der Waals surface area contributed by atoms with Gasteiger partial charge in [0, 0.05) is 5.57 Å². The molecule has 0 heterocycles. The third-order valence-electron chi connectivity index (χ3n) is 0.866. The Hall–Kier alpha value is -0.390. The van der Waals surface area contributed by atoms with Crippen LogP contribution in [0.1, 0.15) is 12.8 Å². The van der Waals surface area contributed by atoms with Crippen molar-refractivity contribution in [3.63, 3.8) is 0 Å². The molecule has 0 radical (unpaired) electrons. The van der Waals surface area contributed by atoms with E-state index in [4.69, 9.17) is 0 Å². The topological polar surface area (TPSA) is 0 Å². The minimum absolute atomic E-state index is 1.17. The van der Waals surface area contributed by atoms with E-state index in [0.717, 1.165) is 0 Å². The summed E-state index contributed by atoms with van der Waals surface area (Å²) in [7, 11) is 0. The van der Waals surface area contributed by atoms with Crippen molar-refractivity contribution in [3.8, 4) is 0 Å². The molecule has 1 aliphatic rings. The summed E-state index contributed by atoms with van der Waals surface area (Å²) in [5, 5.41) is 0. The minimum atomic E-state index is 1.17. The Morgan fingerprint density at radius 2 is 2.00 bits per heavy atom. The Morgan fingerprint density at radius 1 is 1.60 bits per heavy atom. The molecule has 0 bridgehead atoms. The Morgan fingerprint density at radius 3 is 2.00 bits per heavy atom. The first-order valence-electron chi connectivity index (χ1n) is 1.88.